The van der Waals surface area contributed by atoms with Crippen LogP contribution in [-0.2, 0) is 4.79 Å². The van der Waals surface area contributed by atoms with Gasteiger partial charge < -0.3 is 15.7 Å². The van der Waals surface area contributed by atoms with Gasteiger partial charge in [-0.1, -0.05) is 29.3 Å². The number of hydrogen-bond donors (Lipinski definition) is 3. The van der Waals surface area contributed by atoms with Crippen molar-refractivity contribution in [3.8, 4) is 11.8 Å². The molecular weight excluding hydrogens is 349 g/mol. The van der Waals surface area contributed by atoms with Crippen molar-refractivity contribution in [1.82, 2.24) is 0 Å². The molecule has 0 aliphatic carbocycles. The lowest BCUT2D eigenvalue weighted by atomic mass is 10.2. The van der Waals surface area contributed by atoms with E-state index >= 15 is 0 Å². The Bertz CT molecular complexity index is 857. The molecule has 7 heteroatoms. The van der Waals surface area contributed by atoms with E-state index in [1.165, 1.54) is 18.3 Å². The van der Waals surface area contributed by atoms with Gasteiger partial charge in [-0.3, -0.25) is 4.79 Å². The number of rotatable bonds is 4. The van der Waals surface area contributed by atoms with E-state index in [4.69, 9.17) is 28.5 Å². The second-order valence-corrected chi connectivity index (χ2v) is 5.76. The van der Waals surface area contributed by atoms with E-state index in [0.717, 1.165) is 5.56 Å². The quantitative estimate of drug-likeness (QED) is 0.426. The van der Waals surface area contributed by atoms with Crippen molar-refractivity contribution in [2.24, 2.45) is 0 Å². The Labute approximate surface area is 149 Å². The number of phenols is 1. The number of nitriles is 1. The normalized spacial score (nSPS) is 10.8. The number of benzene rings is 2. The van der Waals surface area contributed by atoms with E-state index in [9.17, 15) is 9.90 Å². The predicted molar refractivity (Wildman–Crippen MR) is 95.3 cm³/mol. The summed E-state index contributed by atoms with van der Waals surface area (Å²) in [4.78, 5) is 12.1. The minimum Gasteiger partial charge on any atom is -0.506 e. The Morgan fingerprint density at radius 3 is 2.54 bits per heavy atom. The first-order chi connectivity index (χ1) is 11.4. The average molecular weight is 362 g/mol. The first-order valence-corrected chi connectivity index (χ1v) is 7.59. The molecule has 2 aromatic rings. The van der Waals surface area contributed by atoms with Crippen LogP contribution in [0.2, 0.25) is 10.0 Å². The first kappa shape index (κ1) is 17.7. The van der Waals surface area contributed by atoms with Crippen molar-refractivity contribution >= 4 is 40.5 Å². The largest absolute Gasteiger partial charge is 0.506 e. The molecule has 0 bridgehead atoms. The van der Waals surface area contributed by atoms with Gasteiger partial charge in [0.05, 0.1) is 16.4 Å². The van der Waals surface area contributed by atoms with Gasteiger partial charge in [-0.25, -0.2) is 0 Å². The number of hydrogen-bond acceptors (Lipinski definition) is 4. The molecule has 5 nitrogen and oxygen atoms in total. The Morgan fingerprint density at radius 1 is 1.21 bits per heavy atom. The van der Waals surface area contributed by atoms with Gasteiger partial charge in [-0.15, -0.1) is 0 Å². The van der Waals surface area contributed by atoms with Gasteiger partial charge in [0, 0.05) is 11.2 Å². The summed E-state index contributed by atoms with van der Waals surface area (Å²) in [6.07, 6.45) is 1.21. The molecule has 0 fully saturated rings. The van der Waals surface area contributed by atoms with Crippen LogP contribution in [0.1, 0.15) is 5.56 Å². The molecule has 0 saturated heterocycles. The van der Waals surface area contributed by atoms with Crippen LogP contribution in [-0.4, -0.2) is 11.0 Å². The van der Waals surface area contributed by atoms with E-state index in [2.05, 4.69) is 10.6 Å². The Kier molecular flexibility index (Phi) is 5.69. The number of anilines is 2. The minimum atomic E-state index is -0.638. The van der Waals surface area contributed by atoms with Crippen LogP contribution in [0.4, 0.5) is 11.4 Å². The lowest BCUT2D eigenvalue weighted by molar-refractivity contribution is -0.112. The monoisotopic (exact) mass is 361 g/mol. The standard InChI is InChI=1S/C17H13Cl2N3O2/c1-10-2-4-15(16(23)6-10)21-9-11(8-20)17(24)22-14-5-3-12(18)7-13(14)19/h2-7,9,21,23H,1H3,(H,22,24)/b11-9-. The summed E-state index contributed by atoms with van der Waals surface area (Å²) in [7, 11) is 0. The maximum atomic E-state index is 12.1. The van der Waals surface area contributed by atoms with Crippen LogP contribution in [0, 0.1) is 18.3 Å². The fraction of sp³-hybridized carbons (Fsp3) is 0.0588. The Morgan fingerprint density at radius 2 is 1.92 bits per heavy atom. The number of amides is 1. The lowest BCUT2D eigenvalue weighted by Crippen LogP contribution is -2.14. The maximum Gasteiger partial charge on any atom is 0.267 e. The van der Waals surface area contributed by atoms with Crippen LogP contribution >= 0.6 is 23.2 Å². The van der Waals surface area contributed by atoms with Gasteiger partial charge in [0.1, 0.15) is 17.4 Å². The summed E-state index contributed by atoms with van der Waals surface area (Å²) in [6.45, 7) is 1.84. The SMILES string of the molecule is Cc1ccc(N/C=C(/C#N)C(=O)Nc2ccc(Cl)cc2Cl)c(O)c1. The minimum absolute atomic E-state index is 0.0182. The predicted octanol–water partition coefficient (Wildman–Crippen LogP) is 4.47. The molecule has 0 aliphatic heterocycles. The molecule has 2 rings (SSSR count). The summed E-state index contributed by atoms with van der Waals surface area (Å²) in [5.41, 5.74) is 1.43. The third-order valence-corrected chi connectivity index (χ3v) is 3.62. The highest BCUT2D eigenvalue weighted by Gasteiger charge is 2.12. The van der Waals surface area contributed by atoms with Gasteiger partial charge in [0.2, 0.25) is 0 Å². The van der Waals surface area contributed by atoms with Crippen molar-refractivity contribution in [2.75, 3.05) is 10.6 Å². The molecule has 0 heterocycles. The zero-order chi connectivity index (χ0) is 17.7. The van der Waals surface area contributed by atoms with E-state index in [1.54, 1.807) is 30.3 Å². The summed E-state index contributed by atoms with van der Waals surface area (Å²) < 4.78 is 0. The highest BCUT2D eigenvalue weighted by molar-refractivity contribution is 6.36. The lowest BCUT2D eigenvalue weighted by Gasteiger charge is -2.08. The topological polar surface area (TPSA) is 85.2 Å². The second kappa shape index (κ2) is 7.73. The van der Waals surface area contributed by atoms with Gasteiger partial charge >= 0.3 is 0 Å². The van der Waals surface area contributed by atoms with Crippen LogP contribution in [0.5, 0.6) is 5.75 Å². The molecule has 3 N–H and O–H groups in total. The Balaban J connectivity index is 2.15. The molecule has 0 unspecified atom stereocenters. The fourth-order valence-electron chi connectivity index (χ4n) is 1.84. The number of nitrogens with one attached hydrogen (secondary N) is 2. The maximum absolute atomic E-state index is 12.1. The summed E-state index contributed by atoms with van der Waals surface area (Å²) in [6, 6.07) is 11.4. The van der Waals surface area contributed by atoms with E-state index in [1.807, 2.05) is 6.92 Å². The van der Waals surface area contributed by atoms with Gasteiger partial charge in [0.15, 0.2) is 0 Å². The molecule has 0 radical (unpaired) electrons. The van der Waals surface area contributed by atoms with Crippen molar-refractivity contribution in [1.29, 1.82) is 5.26 Å². The van der Waals surface area contributed by atoms with Crippen molar-refractivity contribution in [2.45, 2.75) is 6.92 Å². The van der Waals surface area contributed by atoms with E-state index in [0.29, 0.717) is 16.4 Å². The molecular formula is C17H13Cl2N3O2. The van der Waals surface area contributed by atoms with Crippen LogP contribution in [0.25, 0.3) is 0 Å². The zero-order valence-electron chi connectivity index (χ0n) is 12.6. The zero-order valence-corrected chi connectivity index (χ0v) is 14.1. The number of aromatic hydroxyl groups is 1. The number of carbonyl (C=O) groups is 1. The molecule has 0 atom stereocenters. The number of carbonyl (C=O) groups excluding carboxylic acids is 1. The summed E-state index contributed by atoms with van der Waals surface area (Å²) >= 11 is 11.8. The van der Waals surface area contributed by atoms with Crippen LogP contribution in [0.15, 0.2) is 48.2 Å². The highest BCUT2D eigenvalue weighted by atomic mass is 35.5. The van der Waals surface area contributed by atoms with Crippen LogP contribution < -0.4 is 10.6 Å². The Hall–Kier alpha value is -2.68. The molecule has 0 spiro atoms. The van der Waals surface area contributed by atoms with Crippen LogP contribution in [0.3, 0.4) is 0 Å². The third kappa shape index (κ3) is 4.42. The average Bonchev–Trinajstić information content (AvgIpc) is 2.52. The smallest absolute Gasteiger partial charge is 0.267 e. The molecule has 122 valence electrons. The molecule has 0 aliphatic rings. The molecule has 24 heavy (non-hydrogen) atoms. The third-order valence-electron chi connectivity index (χ3n) is 3.07. The van der Waals surface area contributed by atoms with Crippen molar-refractivity contribution < 1.29 is 9.90 Å². The highest BCUT2D eigenvalue weighted by Crippen LogP contribution is 2.26. The number of nitrogens with zero attached hydrogens (tertiary/aromatic N) is 1. The molecule has 2 aromatic carbocycles. The van der Waals surface area contributed by atoms with Gasteiger partial charge in [0.25, 0.3) is 5.91 Å². The fourth-order valence-corrected chi connectivity index (χ4v) is 2.30. The molecule has 0 saturated carbocycles. The molecule has 1 amide bonds. The van der Waals surface area contributed by atoms with E-state index < -0.39 is 5.91 Å². The first-order valence-electron chi connectivity index (χ1n) is 6.83. The van der Waals surface area contributed by atoms with Gasteiger partial charge in [-0.05, 0) is 42.8 Å². The summed E-state index contributed by atoms with van der Waals surface area (Å²) in [5.74, 6) is -0.620. The summed E-state index contributed by atoms with van der Waals surface area (Å²) in [5, 5.41) is 24.9. The number of halogens is 2. The van der Waals surface area contributed by atoms with Gasteiger partial charge in [-0.2, -0.15) is 5.26 Å². The molecule has 0 aromatic heterocycles. The number of aryl methyl sites for hydroxylation is 1. The van der Waals surface area contributed by atoms with Crippen molar-refractivity contribution in [3.63, 3.8) is 0 Å². The second-order valence-electron chi connectivity index (χ2n) is 4.91. The number of phenolic OH excluding ortho intramolecular Hbond substituents is 1. The van der Waals surface area contributed by atoms with E-state index in [-0.39, 0.29) is 16.3 Å². The van der Waals surface area contributed by atoms with Crippen molar-refractivity contribution in [3.05, 3.63) is 63.8 Å².